The quantitative estimate of drug-likeness (QED) is 0.791. The van der Waals surface area contributed by atoms with Crippen LogP contribution in [0.4, 0.5) is 0 Å². The van der Waals surface area contributed by atoms with Gasteiger partial charge in [0, 0.05) is 12.8 Å². The van der Waals surface area contributed by atoms with Crippen molar-refractivity contribution in [2.45, 2.75) is 44.6 Å². The molecule has 0 unspecified atom stereocenters. The van der Waals surface area contributed by atoms with Crippen LogP contribution in [0.25, 0.3) is 0 Å². The number of nitrogens with one attached hydrogen (secondary N) is 1. The van der Waals surface area contributed by atoms with Crippen LogP contribution in [0.1, 0.15) is 37.7 Å². The Hall–Kier alpha value is -2.10. The van der Waals surface area contributed by atoms with Gasteiger partial charge in [-0.15, -0.1) is 0 Å². The van der Waals surface area contributed by atoms with Crippen molar-refractivity contribution < 1.29 is 14.7 Å². The molecule has 21 heavy (non-hydrogen) atoms. The first kappa shape index (κ1) is 15.3. The third-order valence-electron chi connectivity index (χ3n) is 3.69. The zero-order valence-electron chi connectivity index (χ0n) is 12.0. The molecule has 0 aliphatic heterocycles. The molecule has 112 valence electrons. The number of carbonyl (C=O) groups is 2. The molecule has 1 aromatic carbocycles. The van der Waals surface area contributed by atoms with Crippen LogP contribution in [-0.2, 0) is 16.0 Å². The van der Waals surface area contributed by atoms with Gasteiger partial charge < -0.3 is 10.4 Å². The summed E-state index contributed by atoms with van der Waals surface area (Å²) in [6.07, 6.45) is 7.00. The summed E-state index contributed by atoms with van der Waals surface area (Å²) < 4.78 is 0. The third-order valence-corrected chi connectivity index (χ3v) is 3.69. The van der Waals surface area contributed by atoms with Crippen LogP contribution in [0, 0.1) is 0 Å². The van der Waals surface area contributed by atoms with Gasteiger partial charge in [0.1, 0.15) is 6.04 Å². The highest BCUT2D eigenvalue weighted by molar-refractivity contribution is 5.85. The fraction of sp³-hybridized carbons (Fsp3) is 0.412. The van der Waals surface area contributed by atoms with E-state index in [4.69, 9.17) is 0 Å². The number of carbonyl (C=O) groups excluding carboxylic acids is 1. The van der Waals surface area contributed by atoms with Gasteiger partial charge in [0.25, 0.3) is 0 Å². The highest BCUT2D eigenvalue weighted by Crippen LogP contribution is 2.19. The standard InChI is InChI=1S/C17H21NO3/c19-16(12-14-9-5-2-6-10-14)18-15(17(20)21)11-13-7-3-1-4-8-13/h1,3-4,7-9,15H,2,5-6,10-12H2,(H,18,19)(H,20,21)/t15-/m0/s1. The molecule has 1 aliphatic rings. The van der Waals surface area contributed by atoms with E-state index in [0.29, 0.717) is 12.8 Å². The Morgan fingerprint density at radius 1 is 1.19 bits per heavy atom. The Kier molecular flexibility index (Phi) is 5.55. The second-order valence-corrected chi connectivity index (χ2v) is 5.43. The van der Waals surface area contributed by atoms with Crippen LogP contribution in [-0.4, -0.2) is 23.0 Å². The summed E-state index contributed by atoms with van der Waals surface area (Å²) in [5.41, 5.74) is 2.03. The molecule has 4 heteroatoms. The van der Waals surface area contributed by atoms with E-state index in [0.717, 1.165) is 30.4 Å². The minimum absolute atomic E-state index is 0.202. The fourth-order valence-corrected chi connectivity index (χ4v) is 2.57. The Balaban J connectivity index is 1.91. The number of carboxylic acid groups (broad SMARTS) is 1. The normalized spacial score (nSPS) is 15.9. The predicted octanol–water partition coefficient (Wildman–Crippen LogP) is 2.69. The number of allylic oxidation sites excluding steroid dienone is 1. The number of benzene rings is 1. The average Bonchev–Trinajstić information content (AvgIpc) is 2.48. The number of rotatable bonds is 6. The van der Waals surface area contributed by atoms with E-state index in [2.05, 4.69) is 11.4 Å². The monoisotopic (exact) mass is 287 g/mol. The molecule has 1 atom stereocenters. The third kappa shape index (κ3) is 5.06. The van der Waals surface area contributed by atoms with E-state index < -0.39 is 12.0 Å². The van der Waals surface area contributed by atoms with Gasteiger partial charge in [-0.05, 0) is 31.2 Å². The zero-order chi connectivity index (χ0) is 15.1. The molecule has 0 spiro atoms. The summed E-state index contributed by atoms with van der Waals surface area (Å²) in [5, 5.41) is 11.9. The molecule has 0 saturated carbocycles. The molecule has 0 fully saturated rings. The van der Waals surface area contributed by atoms with Crippen LogP contribution in [0.15, 0.2) is 42.0 Å². The maximum atomic E-state index is 12.0. The van der Waals surface area contributed by atoms with Gasteiger partial charge in [0.2, 0.25) is 5.91 Å². The average molecular weight is 287 g/mol. The molecule has 0 saturated heterocycles. The maximum Gasteiger partial charge on any atom is 0.326 e. The van der Waals surface area contributed by atoms with Gasteiger partial charge in [-0.25, -0.2) is 4.79 Å². The van der Waals surface area contributed by atoms with Crippen molar-refractivity contribution in [2.24, 2.45) is 0 Å². The van der Waals surface area contributed by atoms with E-state index in [9.17, 15) is 14.7 Å². The lowest BCUT2D eigenvalue weighted by atomic mass is 9.97. The number of aliphatic carboxylic acids is 1. The van der Waals surface area contributed by atoms with Crippen LogP contribution in [0.2, 0.25) is 0 Å². The Morgan fingerprint density at radius 3 is 2.57 bits per heavy atom. The van der Waals surface area contributed by atoms with E-state index in [1.54, 1.807) is 0 Å². The summed E-state index contributed by atoms with van der Waals surface area (Å²) in [5.74, 6) is -1.20. The fourth-order valence-electron chi connectivity index (χ4n) is 2.57. The zero-order valence-corrected chi connectivity index (χ0v) is 12.0. The summed E-state index contributed by atoms with van der Waals surface area (Å²) >= 11 is 0. The molecule has 2 N–H and O–H groups in total. The first-order valence-electron chi connectivity index (χ1n) is 7.39. The molecule has 4 nitrogen and oxygen atoms in total. The van der Waals surface area contributed by atoms with Gasteiger partial charge in [-0.3, -0.25) is 4.79 Å². The lowest BCUT2D eigenvalue weighted by molar-refractivity contribution is -0.141. The number of hydrogen-bond acceptors (Lipinski definition) is 2. The van der Waals surface area contributed by atoms with Gasteiger partial charge in [0.15, 0.2) is 0 Å². The van der Waals surface area contributed by atoms with Crippen LogP contribution >= 0.6 is 0 Å². The second kappa shape index (κ2) is 7.62. The van der Waals surface area contributed by atoms with Crippen molar-refractivity contribution in [3.63, 3.8) is 0 Å². The van der Waals surface area contributed by atoms with Crippen LogP contribution in [0.3, 0.4) is 0 Å². The van der Waals surface area contributed by atoms with Crippen molar-refractivity contribution in [3.8, 4) is 0 Å². The van der Waals surface area contributed by atoms with Gasteiger partial charge in [0.05, 0.1) is 0 Å². The second-order valence-electron chi connectivity index (χ2n) is 5.43. The molecular formula is C17H21NO3. The predicted molar refractivity (Wildman–Crippen MR) is 80.9 cm³/mol. The lowest BCUT2D eigenvalue weighted by Crippen LogP contribution is -2.42. The largest absolute Gasteiger partial charge is 0.480 e. The van der Waals surface area contributed by atoms with Gasteiger partial charge in [-0.2, -0.15) is 0 Å². The molecule has 1 amide bonds. The summed E-state index contributed by atoms with van der Waals surface area (Å²) in [7, 11) is 0. The smallest absolute Gasteiger partial charge is 0.326 e. The molecule has 0 heterocycles. The molecule has 1 aromatic rings. The first-order valence-corrected chi connectivity index (χ1v) is 7.39. The van der Waals surface area contributed by atoms with E-state index in [1.165, 1.54) is 6.42 Å². The van der Waals surface area contributed by atoms with Crippen LogP contribution in [0.5, 0.6) is 0 Å². The highest BCUT2D eigenvalue weighted by Gasteiger charge is 2.21. The SMILES string of the molecule is O=C(CC1=CCCCC1)N[C@@H](Cc1ccccc1)C(=O)O. The molecule has 0 aromatic heterocycles. The number of amides is 1. The summed E-state index contributed by atoms with van der Waals surface area (Å²) in [4.78, 5) is 23.3. The van der Waals surface area contributed by atoms with E-state index >= 15 is 0 Å². The Labute approximate surface area is 124 Å². The van der Waals surface area contributed by atoms with Crippen LogP contribution < -0.4 is 5.32 Å². The molecule has 0 radical (unpaired) electrons. The highest BCUT2D eigenvalue weighted by atomic mass is 16.4. The minimum atomic E-state index is -0.996. The van der Waals surface area contributed by atoms with E-state index in [-0.39, 0.29) is 5.91 Å². The van der Waals surface area contributed by atoms with Crippen molar-refractivity contribution in [1.29, 1.82) is 0 Å². The van der Waals surface area contributed by atoms with Crippen molar-refractivity contribution in [2.75, 3.05) is 0 Å². The molecule has 2 rings (SSSR count). The minimum Gasteiger partial charge on any atom is -0.480 e. The van der Waals surface area contributed by atoms with E-state index in [1.807, 2.05) is 30.3 Å². The molecule has 1 aliphatic carbocycles. The topological polar surface area (TPSA) is 66.4 Å². The maximum absolute atomic E-state index is 12.0. The van der Waals surface area contributed by atoms with Crippen molar-refractivity contribution in [3.05, 3.63) is 47.5 Å². The summed E-state index contributed by atoms with van der Waals surface area (Å²) in [6, 6.07) is 8.47. The van der Waals surface area contributed by atoms with Gasteiger partial charge in [-0.1, -0.05) is 42.0 Å². The van der Waals surface area contributed by atoms with Crippen molar-refractivity contribution in [1.82, 2.24) is 5.32 Å². The molecule has 0 bridgehead atoms. The lowest BCUT2D eigenvalue weighted by Gasteiger charge is -2.17. The van der Waals surface area contributed by atoms with Crippen molar-refractivity contribution >= 4 is 11.9 Å². The van der Waals surface area contributed by atoms with Gasteiger partial charge >= 0.3 is 5.97 Å². The summed E-state index contributed by atoms with van der Waals surface area (Å²) in [6.45, 7) is 0. The number of hydrogen-bond donors (Lipinski definition) is 2. The Morgan fingerprint density at radius 2 is 1.95 bits per heavy atom. The molecular weight excluding hydrogens is 266 g/mol. The first-order chi connectivity index (χ1) is 10.1. The Bertz CT molecular complexity index is 522. The number of carboxylic acids is 1.